The molecule has 0 aromatic carbocycles. The van der Waals surface area contributed by atoms with E-state index in [4.69, 9.17) is 29.4 Å². The van der Waals surface area contributed by atoms with E-state index >= 15 is 0 Å². The summed E-state index contributed by atoms with van der Waals surface area (Å²) in [4.78, 5) is 37.8. The molecule has 9 nitrogen and oxygen atoms in total. The number of rotatable bonds is 0. The van der Waals surface area contributed by atoms with Crippen LogP contribution in [-0.4, -0.2) is 67.7 Å². The topological polar surface area (TPSA) is 127 Å². The van der Waals surface area contributed by atoms with Crippen molar-refractivity contribution in [1.29, 1.82) is 0 Å². The largest absolute Gasteiger partial charge is 0.464 e. The number of carbonyl (C=O) groups excluding carboxylic acids is 3. The maximum Gasteiger partial charge on any atom is 0.331 e. The van der Waals surface area contributed by atoms with Crippen LogP contribution < -0.4 is 5.73 Å². The third-order valence-electron chi connectivity index (χ3n) is 9.23. The van der Waals surface area contributed by atoms with Crippen molar-refractivity contribution in [2.75, 3.05) is 19.8 Å². The third-order valence-corrected chi connectivity index (χ3v) is 9.23. The van der Waals surface area contributed by atoms with Crippen molar-refractivity contribution < 1.29 is 38.1 Å². The molecular formula is C27H35NO8. The van der Waals surface area contributed by atoms with Crippen LogP contribution in [0.3, 0.4) is 0 Å². The number of allylic oxidation sites excluding steroid dienone is 3. The number of nitrogens with two attached hydrogens (primary N) is 1. The molecule has 2 bridgehead atoms. The summed E-state index contributed by atoms with van der Waals surface area (Å²) in [6.45, 7) is 6.70. The van der Waals surface area contributed by atoms with E-state index in [2.05, 4.69) is 19.9 Å². The van der Waals surface area contributed by atoms with Gasteiger partial charge in [-0.15, -0.1) is 0 Å². The molecule has 196 valence electrons. The molecule has 8 atom stereocenters. The van der Waals surface area contributed by atoms with E-state index < -0.39 is 46.5 Å². The van der Waals surface area contributed by atoms with E-state index in [1.165, 1.54) is 29.9 Å². The number of hydrogen-bond donors (Lipinski definition) is 1. The summed E-state index contributed by atoms with van der Waals surface area (Å²) >= 11 is 0. The predicted molar refractivity (Wildman–Crippen MR) is 127 cm³/mol. The SMILES string of the molecule is CC1=C[C@H]2O[C@@H]3C[C@H]4OC(=O)/C=C\C=C\C(=O)OCC[C@@H](C)[C@H](N)C(=O)OC[C@@]2(CC1)[C@]4(C)[C@]31CO1. The van der Waals surface area contributed by atoms with E-state index in [9.17, 15) is 14.4 Å². The number of esters is 3. The Hall–Kier alpha value is -2.49. The van der Waals surface area contributed by atoms with Crippen LogP contribution in [0.4, 0.5) is 0 Å². The van der Waals surface area contributed by atoms with E-state index in [1.807, 2.05) is 6.92 Å². The van der Waals surface area contributed by atoms with Crippen LogP contribution in [-0.2, 0) is 38.1 Å². The van der Waals surface area contributed by atoms with Gasteiger partial charge in [0.2, 0.25) is 0 Å². The lowest BCUT2D eigenvalue weighted by molar-refractivity contribution is -0.233. The molecule has 0 unspecified atom stereocenters. The fourth-order valence-corrected chi connectivity index (χ4v) is 6.68. The van der Waals surface area contributed by atoms with Crippen molar-refractivity contribution in [3.8, 4) is 0 Å². The molecule has 3 aliphatic heterocycles. The molecule has 9 heteroatoms. The maximum atomic E-state index is 13.1. The van der Waals surface area contributed by atoms with E-state index in [0.717, 1.165) is 6.42 Å². The molecule has 2 spiro atoms. The first-order chi connectivity index (χ1) is 17.1. The summed E-state index contributed by atoms with van der Waals surface area (Å²) in [6, 6.07) is -0.870. The van der Waals surface area contributed by atoms with Crippen molar-refractivity contribution in [3.63, 3.8) is 0 Å². The second kappa shape index (κ2) is 9.11. The van der Waals surface area contributed by atoms with Gasteiger partial charge in [-0.1, -0.05) is 37.6 Å². The molecule has 0 aromatic rings. The van der Waals surface area contributed by atoms with Crippen molar-refractivity contribution >= 4 is 17.9 Å². The Kier molecular flexibility index (Phi) is 6.37. The minimum atomic E-state index is -0.870. The molecule has 3 heterocycles. The normalized spacial score (nSPS) is 46.8. The highest BCUT2D eigenvalue weighted by molar-refractivity contribution is 5.84. The minimum absolute atomic E-state index is 0.0800. The lowest BCUT2D eigenvalue weighted by Crippen LogP contribution is -2.67. The Morgan fingerprint density at radius 3 is 2.47 bits per heavy atom. The van der Waals surface area contributed by atoms with Crippen LogP contribution in [0.25, 0.3) is 0 Å². The molecule has 1 saturated carbocycles. The highest BCUT2D eigenvalue weighted by Crippen LogP contribution is 2.72. The van der Waals surface area contributed by atoms with Gasteiger partial charge in [-0.3, -0.25) is 4.79 Å². The maximum absolute atomic E-state index is 13.1. The average Bonchev–Trinajstić information content (AvgIpc) is 3.62. The number of epoxide rings is 1. The molecular weight excluding hydrogens is 466 g/mol. The van der Waals surface area contributed by atoms with Crippen molar-refractivity contribution in [1.82, 2.24) is 0 Å². The van der Waals surface area contributed by atoms with Gasteiger partial charge in [-0.25, -0.2) is 9.59 Å². The highest BCUT2D eigenvalue weighted by Gasteiger charge is 2.83. The zero-order valence-electron chi connectivity index (χ0n) is 21.1. The highest BCUT2D eigenvalue weighted by atomic mass is 16.6. The molecule has 0 amide bonds. The molecule has 0 radical (unpaired) electrons. The molecule has 0 aromatic heterocycles. The first-order valence-electron chi connectivity index (χ1n) is 12.7. The van der Waals surface area contributed by atoms with Gasteiger partial charge < -0.3 is 29.4 Å². The minimum Gasteiger partial charge on any atom is -0.464 e. The summed E-state index contributed by atoms with van der Waals surface area (Å²) in [5, 5.41) is 0. The Labute approximate surface area is 211 Å². The first kappa shape index (κ1) is 25.2. The van der Waals surface area contributed by atoms with Crippen LogP contribution in [0.5, 0.6) is 0 Å². The Bertz CT molecular complexity index is 1030. The molecule has 5 aliphatic rings. The summed E-state index contributed by atoms with van der Waals surface area (Å²) in [5.74, 6) is -1.84. The molecule has 2 aliphatic carbocycles. The van der Waals surface area contributed by atoms with Gasteiger partial charge >= 0.3 is 17.9 Å². The fraction of sp³-hybridized carbons (Fsp3) is 0.667. The molecule has 36 heavy (non-hydrogen) atoms. The van der Waals surface area contributed by atoms with Gasteiger partial charge in [0.25, 0.3) is 0 Å². The van der Waals surface area contributed by atoms with E-state index in [0.29, 0.717) is 25.9 Å². The van der Waals surface area contributed by atoms with Gasteiger partial charge in [0.15, 0.2) is 0 Å². The predicted octanol–water partition coefficient (Wildman–Crippen LogP) is 2.14. The molecule has 3 fully saturated rings. The number of ether oxygens (including phenoxy) is 5. The molecule has 2 saturated heterocycles. The fourth-order valence-electron chi connectivity index (χ4n) is 6.68. The van der Waals surface area contributed by atoms with E-state index in [1.54, 1.807) is 0 Å². The van der Waals surface area contributed by atoms with Gasteiger partial charge in [-0.05, 0) is 32.1 Å². The molecule has 5 rings (SSSR count). The van der Waals surface area contributed by atoms with Gasteiger partial charge in [0, 0.05) is 24.0 Å². The smallest absolute Gasteiger partial charge is 0.331 e. The zero-order chi connectivity index (χ0) is 25.7. The Balaban J connectivity index is 1.52. The summed E-state index contributed by atoms with van der Waals surface area (Å²) in [6.07, 6.45) is 8.93. The standard InChI is InChI=1S/C27H35NO8/c1-16-8-10-26-14-33-24(31)23(28)17(2)9-11-32-21(29)6-4-5-7-22(30)36-18-13-20(35-19(26)12-16)27(15-34-27)25(18,26)3/h4-7,12,17-20,23H,8-11,13-15,28H2,1-3H3/b6-4+,7-5-/t17-,18-,19-,20-,23+,25-,26-,27+/m1/s1. The monoisotopic (exact) mass is 501 g/mol. The Morgan fingerprint density at radius 1 is 1.03 bits per heavy atom. The second-order valence-corrected chi connectivity index (χ2v) is 11.0. The van der Waals surface area contributed by atoms with Gasteiger partial charge in [0.05, 0.1) is 30.8 Å². The Morgan fingerprint density at radius 2 is 1.75 bits per heavy atom. The number of hydrogen-bond acceptors (Lipinski definition) is 9. The van der Waals surface area contributed by atoms with Crippen molar-refractivity contribution in [2.45, 2.75) is 76.4 Å². The quantitative estimate of drug-likeness (QED) is 0.230. The summed E-state index contributed by atoms with van der Waals surface area (Å²) in [7, 11) is 0. The lowest BCUT2D eigenvalue weighted by Gasteiger charge is -2.58. The van der Waals surface area contributed by atoms with Crippen LogP contribution in [0.2, 0.25) is 0 Å². The summed E-state index contributed by atoms with van der Waals surface area (Å²) < 4.78 is 29.8. The number of carbonyl (C=O) groups is 3. The van der Waals surface area contributed by atoms with Crippen LogP contribution in [0, 0.1) is 16.7 Å². The zero-order valence-corrected chi connectivity index (χ0v) is 21.1. The third kappa shape index (κ3) is 3.83. The first-order valence-corrected chi connectivity index (χ1v) is 12.7. The second-order valence-electron chi connectivity index (χ2n) is 11.0. The number of cyclic esters (lactones) is 2. The van der Waals surface area contributed by atoms with Crippen LogP contribution >= 0.6 is 0 Å². The van der Waals surface area contributed by atoms with Crippen LogP contribution in [0.15, 0.2) is 36.0 Å². The molecule has 2 N–H and O–H groups in total. The van der Waals surface area contributed by atoms with Crippen molar-refractivity contribution in [3.05, 3.63) is 36.0 Å². The lowest BCUT2D eigenvalue weighted by atomic mass is 9.51. The van der Waals surface area contributed by atoms with E-state index in [-0.39, 0.29) is 31.3 Å². The van der Waals surface area contributed by atoms with Crippen molar-refractivity contribution in [2.24, 2.45) is 22.5 Å². The van der Waals surface area contributed by atoms with Gasteiger partial charge in [-0.2, -0.15) is 0 Å². The summed E-state index contributed by atoms with van der Waals surface area (Å²) in [5.41, 5.74) is 5.57. The van der Waals surface area contributed by atoms with Gasteiger partial charge in [0.1, 0.15) is 24.4 Å². The van der Waals surface area contributed by atoms with Crippen LogP contribution in [0.1, 0.15) is 46.5 Å². The average molecular weight is 502 g/mol.